The smallest absolute Gasteiger partial charge is 0.376 e. The largest absolute Gasteiger partial charge is 0.422 e. The number of rotatable bonds is 2. The van der Waals surface area contributed by atoms with Crippen LogP contribution in [0.2, 0.25) is 0 Å². The van der Waals surface area contributed by atoms with Crippen LogP contribution in [0.1, 0.15) is 40.4 Å². The molecule has 2 unspecified atom stereocenters. The van der Waals surface area contributed by atoms with Gasteiger partial charge in [0.1, 0.15) is 0 Å². The first kappa shape index (κ1) is 15.8. The highest BCUT2D eigenvalue weighted by atomic mass is 19.4. The van der Waals surface area contributed by atoms with E-state index in [-0.39, 0.29) is 23.1 Å². The van der Waals surface area contributed by atoms with E-state index in [0.29, 0.717) is 17.6 Å². The van der Waals surface area contributed by atoms with Gasteiger partial charge in [0.05, 0.1) is 0 Å². The molecule has 3 N–H and O–H groups in total. The second-order valence-corrected chi connectivity index (χ2v) is 5.89. The zero-order valence-electron chi connectivity index (χ0n) is 12.4. The van der Waals surface area contributed by atoms with Gasteiger partial charge in [-0.05, 0) is 35.6 Å². The molecule has 2 atom stereocenters. The van der Waals surface area contributed by atoms with Gasteiger partial charge in [-0.3, -0.25) is 4.79 Å². The normalized spacial score (nSPS) is 25.8. The third-order valence-electron chi connectivity index (χ3n) is 4.67. The number of fused-ring (bicyclic) bond motifs is 3. The minimum Gasteiger partial charge on any atom is -0.376 e. The Bertz CT molecular complexity index is 749. The zero-order chi connectivity index (χ0) is 17.0. The molecular formula is C17H16F3NO2. The van der Waals surface area contributed by atoms with Crippen LogP contribution in [0.15, 0.2) is 30.4 Å². The number of hydrogen-bond donors (Lipinski definition) is 2. The maximum absolute atomic E-state index is 13.7. The Hall–Kier alpha value is -2.08. The highest BCUT2D eigenvalue weighted by Gasteiger charge is 2.65. The molecule has 0 heterocycles. The molecule has 0 aliphatic heterocycles. The highest BCUT2D eigenvalue weighted by molar-refractivity contribution is 6.01. The average molecular weight is 323 g/mol. The average Bonchev–Trinajstić information content (AvgIpc) is 2.77. The Morgan fingerprint density at radius 3 is 2.70 bits per heavy atom. The molecule has 2 aliphatic rings. The van der Waals surface area contributed by atoms with Gasteiger partial charge in [-0.2, -0.15) is 13.2 Å². The predicted octanol–water partition coefficient (Wildman–Crippen LogP) is 3.07. The third-order valence-corrected chi connectivity index (χ3v) is 4.67. The molecule has 1 aromatic carbocycles. The van der Waals surface area contributed by atoms with E-state index in [0.717, 1.165) is 0 Å². The molecule has 23 heavy (non-hydrogen) atoms. The highest BCUT2D eigenvalue weighted by Crippen LogP contribution is 2.59. The summed E-state index contributed by atoms with van der Waals surface area (Å²) in [5.74, 6) is -1.95. The number of primary amides is 1. The van der Waals surface area contributed by atoms with Crippen molar-refractivity contribution in [1.82, 2.24) is 0 Å². The molecule has 122 valence electrons. The lowest BCUT2D eigenvalue weighted by atomic mass is 9.81. The molecule has 0 saturated carbocycles. The molecule has 0 fully saturated rings. The molecule has 0 radical (unpaired) electrons. The van der Waals surface area contributed by atoms with Crippen molar-refractivity contribution in [2.75, 3.05) is 0 Å². The van der Waals surface area contributed by atoms with Crippen molar-refractivity contribution in [1.29, 1.82) is 0 Å². The molecule has 2 aliphatic carbocycles. The van der Waals surface area contributed by atoms with Gasteiger partial charge in [-0.15, -0.1) is 0 Å². The van der Waals surface area contributed by atoms with Crippen molar-refractivity contribution < 1.29 is 23.1 Å². The van der Waals surface area contributed by atoms with E-state index in [1.54, 1.807) is 19.1 Å². The number of aliphatic hydroxyl groups is 1. The quantitative estimate of drug-likeness (QED) is 0.878. The van der Waals surface area contributed by atoms with Crippen LogP contribution in [0.4, 0.5) is 13.2 Å². The van der Waals surface area contributed by atoms with Gasteiger partial charge < -0.3 is 10.8 Å². The van der Waals surface area contributed by atoms with Crippen molar-refractivity contribution in [2.24, 2.45) is 11.7 Å². The van der Waals surface area contributed by atoms with Crippen LogP contribution in [-0.2, 0) is 12.0 Å². The van der Waals surface area contributed by atoms with Crippen molar-refractivity contribution in [2.45, 2.75) is 31.5 Å². The summed E-state index contributed by atoms with van der Waals surface area (Å²) < 4.78 is 41.2. The molecule has 0 spiro atoms. The Morgan fingerprint density at radius 2 is 2.13 bits per heavy atom. The SMILES string of the molecule is CCc1cc(C(N)=O)c2c(c1)C(O)(C(F)(F)F)C1CC=CC=C21. The maximum atomic E-state index is 13.7. The zero-order valence-corrected chi connectivity index (χ0v) is 12.4. The summed E-state index contributed by atoms with van der Waals surface area (Å²) in [5.41, 5.74) is 3.13. The van der Waals surface area contributed by atoms with Gasteiger partial charge in [0.2, 0.25) is 5.91 Å². The topological polar surface area (TPSA) is 63.3 Å². The second-order valence-electron chi connectivity index (χ2n) is 5.89. The fourth-order valence-electron chi connectivity index (χ4n) is 3.53. The number of carbonyl (C=O) groups is 1. The fraction of sp³-hybridized carbons (Fsp3) is 0.353. The number of carbonyl (C=O) groups excluding carboxylic acids is 1. The number of nitrogens with two attached hydrogens (primary N) is 1. The van der Waals surface area contributed by atoms with Gasteiger partial charge in [0, 0.05) is 17.0 Å². The molecular weight excluding hydrogens is 307 g/mol. The minimum atomic E-state index is -4.85. The van der Waals surface area contributed by atoms with E-state index < -0.39 is 23.6 Å². The summed E-state index contributed by atoms with van der Waals surface area (Å²) in [7, 11) is 0. The summed E-state index contributed by atoms with van der Waals surface area (Å²) >= 11 is 0. The Morgan fingerprint density at radius 1 is 1.43 bits per heavy atom. The number of allylic oxidation sites excluding steroid dienone is 3. The summed E-state index contributed by atoms with van der Waals surface area (Å²) in [5, 5.41) is 10.6. The minimum absolute atomic E-state index is 0.0334. The van der Waals surface area contributed by atoms with Gasteiger partial charge in [-0.25, -0.2) is 0 Å². The van der Waals surface area contributed by atoms with Crippen LogP contribution in [0.3, 0.4) is 0 Å². The number of amides is 1. The van der Waals surface area contributed by atoms with E-state index in [4.69, 9.17) is 5.73 Å². The summed E-state index contributed by atoms with van der Waals surface area (Å²) in [6, 6.07) is 2.86. The van der Waals surface area contributed by atoms with Crippen molar-refractivity contribution in [3.63, 3.8) is 0 Å². The Balaban J connectivity index is 2.40. The van der Waals surface area contributed by atoms with E-state index in [9.17, 15) is 23.1 Å². The monoisotopic (exact) mass is 323 g/mol. The molecule has 0 saturated heterocycles. The van der Waals surface area contributed by atoms with E-state index in [2.05, 4.69) is 0 Å². The first-order valence-electron chi connectivity index (χ1n) is 7.35. The van der Waals surface area contributed by atoms with Gasteiger partial charge in [-0.1, -0.05) is 31.2 Å². The molecule has 1 amide bonds. The third kappa shape index (κ3) is 2.05. The lowest BCUT2D eigenvalue weighted by Gasteiger charge is -2.33. The maximum Gasteiger partial charge on any atom is 0.422 e. The number of hydrogen-bond acceptors (Lipinski definition) is 2. The standard InChI is InChI=1S/C17H16F3NO2/c1-2-9-7-11(15(21)22)14-10-5-3-4-6-12(10)16(23,13(14)8-9)17(18,19)20/h3-5,7-8,12,23H,2,6H2,1H3,(H2,21,22). The molecule has 0 aromatic heterocycles. The van der Waals surface area contributed by atoms with Crippen LogP contribution in [0.5, 0.6) is 0 Å². The number of benzene rings is 1. The molecule has 1 aromatic rings. The lowest BCUT2D eigenvalue weighted by Crippen LogP contribution is -2.46. The van der Waals surface area contributed by atoms with Crippen LogP contribution >= 0.6 is 0 Å². The fourth-order valence-corrected chi connectivity index (χ4v) is 3.53. The number of alkyl halides is 3. The number of halogens is 3. The van der Waals surface area contributed by atoms with Gasteiger partial charge in [0.25, 0.3) is 0 Å². The molecule has 6 heteroatoms. The van der Waals surface area contributed by atoms with Gasteiger partial charge >= 0.3 is 6.18 Å². The van der Waals surface area contributed by atoms with Crippen molar-refractivity contribution in [3.05, 3.63) is 52.6 Å². The van der Waals surface area contributed by atoms with Crippen LogP contribution in [-0.4, -0.2) is 17.2 Å². The number of aryl methyl sites for hydroxylation is 1. The van der Waals surface area contributed by atoms with Crippen molar-refractivity contribution in [3.8, 4) is 0 Å². The van der Waals surface area contributed by atoms with Crippen LogP contribution in [0.25, 0.3) is 5.57 Å². The van der Waals surface area contributed by atoms with Gasteiger partial charge in [0.15, 0.2) is 5.60 Å². The predicted molar refractivity (Wildman–Crippen MR) is 79.5 cm³/mol. The molecule has 3 rings (SSSR count). The Kier molecular flexibility index (Phi) is 3.41. The van der Waals surface area contributed by atoms with E-state index in [1.165, 1.54) is 18.2 Å². The van der Waals surface area contributed by atoms with Crippen LogP contribution < -0.4 is 5.73 Å². The molecule has 3 nitrogen and oxygen atoms in total. The summed E-state index contributed by atoms with van der Waals surface area (Å²) in [4.78, 5) is 11.8. The first-order chi connectivity index (χ1) is 10.7. The summed E-state index contributed by atoms with van der Waals surface area (Å²) in [6.07, 6.45) is 0.376. The Labute approximate surface area is 131 Å². The second kappa shape index (κ2) is 4.96. The first-order valence-corrected chi connectivity index (χ1v) is 7.35. The molecule has 0 bridgehead atoms. The summed E-state index contributed by atoms with van der Waals surface area (Å²) in [6.45, 7) is 1.77. The van der Waals surface area contributed by atoms with E-state index in [1.807, 2.05) is 0 Å². The lowest BCUT2D eigenvalue weighted by molar-refractivity contribution is -0.277. The van der Waals surface area contributed by atoms with Crippen LogP contribution in [0, 0.1) is 5.92 Å². The van der Waals surface area contributed by atoms with E-state index >= 15 is 0 Å². The van der Waals surface area contributed by atoms with Crippen molar-refractivity contribution >= 4 is 11.5 Å².